The lowest BCUT2D eigenvalue weighted by Crippen LogP contribution is -2.25. The van der Waals surface area contributed by atoms with Crippen LogP contribution in [-0.4, -0.2) is 45.5 Å². The molecule has 0 bridgehead atoms. The Labute approximate surface area is 113 Å². The second-order valence-electron chi connectivity index (χ2n) is 4.05. The first kappa shape index (κ1) is 15.1. The third-order valence-corrected chi connectivity index (χ3v) is 3.56. The molecule has 2 N–H and O–H groups in total. The van der Waals surface area contributed by atoms with Crippen molar-refractivity contribution in [3.63, 3.8) is 0 Å². The highest BCUT2D eigenvalue weighted by molar-refractivity contribution is 7.98. The van der Waals surface area contributed by atoms with Gasteiger partial charge < -0.3 is 20.1 Å². The number of hydrogen-bond donors (Lipinski definition) is 1. The van der Waals surface area contributed by atoms with Crippen molar-refractivity contribution in [2.24, 2.45) is 5.73 Å². The molecule has 102 valence electrons. The topological polar surface area (TPSA) is 47.7 Å². The summed E-state index contributed by atoms with van der Waals surface area (Å²) in [5, 5.41) is 0. The van der Waals surface area contributed by atoms with Crippen LogP contribution in [-0.2, 0) is 6.54 Å². The van der Waals surface area contributed by atoms with Crippen LogP contribution in [0.2, 0.25) is 0 Å². The van der Waals surface area contributed by atoms with Gasteiger partial charge >= 0.3 is 0 Å². The summed E-state index contributed by atoms with van der Waals surface area (Å²) in [5.41, 5.74) is 6.80. The van der Waals surface area contributed by atoms with Crippen LogP contribution in [0.5, 0.6) is 11.5 Å². The molecule has 0 spiro atoms. The first-order chi connectivity index (χ1) is 8.65. The van der Waals surface area contributed by atoms with Crippen molar-refractivity contribution in [2.45, 2.75) is 11.4 Å². The van der Waals surface area contributed by atoms with Gasteiger partial charge in [-0.1, -0.05) is 0 Å². The molecule has 0 saturated heterocycles. The summed E-state index contributed by atoms with van der Waals surface area (Å²) in [7, 11) is 5.37. The monoisotopic (exact) mass is 270 g/mol. The number of benzene rings is 1. The molecule has 0 fully saturated rings. The summed E-state index contributed by atoms with van der Waals surface area (Å²) in [6, 6.07) is 4.06. The lowest BCUT2D eigenvalue weighted by molar-refractivity contribution is 0.328. The van der Waals surface area contributed by atoms with E-state index < -0.39 is 0 Å². The molecule has 1 rings (SSSR count). The standard InChI is InChI=1S/C13H22N2O2S/c1-15(6-5-14)9-10-7-11(16-2)12(17-3)8-13(10)18-4/h7-8H,5-6,9,14H2,1-4H3. The normalized spacial score (nSPS) is 10.8. The molecule has 0 aliphatic carbocycles. The fraction of sp³-hybridized carbons (Fsp3) is 0.538. The molecule has 0 radical (unpaired) electrons. The van der Waals surface area contributed by atoms with Crippen molar-refractivity contribution in [1.82, 2.24) is 4.90 Å². The average Bonchev–Trinajstić information content (AvgIpc) is 2.38. The van der Waals surface area contributed by atoms with Crippen molar-refractivity contribution >= 4 is 11.8 Å². The van der Waals surface area contributed by atoms with Gasteiger partial charge in [0.2, 0.25) is 0 Å². The van der Waals surface area contributed by atoms with E-state index in [4.69, 9.17) is 15.2 Å². The smallest absolute Gasteiger partial charge is 0.161 e. The Morgan fingerprint density at radius 3 is 2.33 bits per heavy atom. The van der Waals surface area contributed by atoms with E-state index in [1.165, 1.54) is 10.5 Å². The van der Waals surface area contributed by atoms with E-state index in [0.29, 0.717) is 6.54 Å². The molecule has 0 heterocycles. The fourth-order valence-corrected chi connectivity index (χ4v) is 2.42. The number of ether oxygens (including phenoxy) is 2. The zero-order valence-electron chi connectivity index (χ0n) is 11.5. The molecule has 0 amide bonds. The minimum atomic E-state index is 0.665. The van der Waals surface area contributed by atoms with Gasteiger partial charge in [-0.15, -0.1) is 11.8 Å². The molecule has 0 aromatic heterocycles. The van der Waals surface area contributed by atoms with Crippen molar-refractivity contribution in [3.8, 4) is 11.5 Å². The predicted octanol–water partition coefficient (Wildman–Crippen LogP) is 1.82. The van der Waals surface area contributed by atoms with Crippen LogP contribution in [0.1, 0.15) is 5.56 Å². The van der Waals surface area contributed by atoms with Crippen molar-refractivity contribution in [3.05, 3.63) is 17.7 Å². The number of hydrogen-bond acceptors (Lipinski definition) is 5. The summed E-state index contributed by atoms with van der Waals surface area (Å²) < 4.78 is 10.7. The number of nitrogens with zero attached hydrogens (tertiary/aromatic N) is 1. The number of methoxy groups -OCH3 is 2. The lowest BCUT2D eigenvalue weighted by atomic mass is 10.2. The van der Waals surface area contributed by atoms with E-state index in [2.05, 4.69) is 18.2 Å². The van der Waals surface area contributed by atoms with Crippen LogP contribution < -0.4 is 15.2 Å². The second-order valence-corrected chi connectivity index (χ2v) is 4.89. The van der Waals surface area contributed by atoms with Gasteiger partial charge in [0.15, 0.2) is 11.5 Å². The largest absolute Gasteiger partial charge is 0.493 e. The fourth-order valence-electron chi connectivity index (χ4n) is 1.81. The maximum atomic E-state index is 5.56. The summed E-state index contributed by atoms with van der Waals surface area (Å²) >= 11 is 1.71. The summed E-state index contributed by atoms with van der Waals surface area (Å²) in [6.45, 7) is 2.40. The molecule has 0 unspecified atom stereocenters. The number of rotatable bonds is 7. The summed E-state index contributed by atoms with van der Waals surface area (Å²) in [4.78, 5) is 3.40. The predicted molar refractivity (Wildman–Crippen MR) is 76.7 cm³/mol. The lowest BCUT2D eigenvalue weighted by Gasteiger charge is -2.19. The van der Waals surface area contributed by atoms with Gasteiger partial charge in [-0.25, -0.2) is 0 Å². The highest BCUT2D eigenvalue weighted by Crippen LogP contribution is 2.34. The highest BCUT2D eigenvalue weighted by Gasteiger charge is 2.12. The van der Waals surface area contributed by atoms with Gasteiger partial charge in [-0.2, -0.15) is 0 Å². The minimum Gasteiger partial charge on any atom is -0.493 e. The molecular weight excluding hydrogens is 248 g/mol. The Balaban J connectivity index is 3.01. The van der Waals surface area contributed by atoms with Gasteiger partial charge in [0, 0.05) is 24.5 Å². The van der Waals surface area contributed by atoms with Gasteiger partial charge in [-0.3, -0.25) is 0 Å². The zero-order chi connectivity index (χ0) is 13.5. The van der Waals surface area contributed by atoms with E-state index in [1.807, 2.05) is 12.1 Å². The zero-order valence-corrected chi connectivity index (χ0v) is 12.3. The Morgan fingerprint density at radius 1 is 1.22 bits per heavy atom. The number of thioether (sulfide) groups is 1. The molecule has 4 nitrogen and oxygen atoms in total. The molecule has 0 aliphatic rings. The molecule has 0 saturated carbocycles. The van der Waals surface area contributed by atoms with Crippen molar-refractivity contribution in [1.29, 1.82) is 0 Å². The molecular formula is C13H22N2O2S. The number of likely N-dealkylation sites (N-methyl/N-ethyl adjacent to an activating group) is 1. The SMILES string of the molecule is COc1cc(CN(C)CCN)c(SC)cc1OC. The van der Waals surface area contributed by atoms with Crippen LogP contribution in [0.4, 0.5) is 0 Å². The quantitative estimate of drug-likeness (QED) is 0.766. The summed E-state index contributed by atoms with van der Waals surface area (Å²) in [5.74, 6) is 1.54. The van der Waals surface area contributed by atoms with Crippen LogP contribution in [0.15, 0.2) is 17.0 Å². The van der Waals surface area contributed by atoms with E-state index in [1.54, 1.807) is 26.0 Å². The number of nitrogens with two attached hydrogens (primary N) is 1. The van der Waals surface area contributed by atoms with Gasteiger partial charge in [0.25, 0.3) is 0 Å². The van der Waals surface area contributed by atoms with E-state index >= 15 is 0 Å². The third kappa shape index (κ3) is 3.80. The van der Waals surface area contributed by atoms with E-state index in [9.17, 15) is 0 Å². The van der Waals surface area contributed by atoms with Crippen molar-refractivity contribution < 1.29 is 9.47 Å². The molecule has 5 heteroatoms. The van der Waals surface area contributed by atoms with E-state index in [-0.39, 0.29) is 0 Å². The van der Waals surface area contributed by atoms with Crippen LogP contribution in [0, 0.1) is 0 Å². The third-order valence-electron chi connectivity index (χ3n) is 2.74. The van der Waals surface area contributed by atoms with Gasteiger partial charge in [-0.05, 0) is 31.0 Å². The Morgan fingerprint density at radius 2 is 1.83 bits per heavy atom. The van der Waals surface area contributed by atoms with Crippen LogP contribution >= 0.6 is 11.8 Å². The molecule has 1 aromatic rings. The maximum absolute atomic E-state index is 5.56. The van der Waals surface area contributed by atoms with Crippen LogP contribution in [0.25, 0.3) is 0 Å². The Kier molecular flexibility index (Phi) is 6.32. The molecule has 0 atom stereocenters. The van der Waals surface area contributed by atoms with Gasteiger partial charge in [0.1, 0.15) is 0 Å². The Bertz CT molecular complexity index is 385. The Hall–Kier alpha value is -0.910. The molecule has 18 heavy (non-hydrogen) atoms. The van der Waals surface area contributed by atoms with Crippen LogP contribution in [0.3, 0.4) is 0 Å². The molecule has 1 aromatic carbocycles. The maximum Gasteiger partial charge on any atom is 0.161 e. The highest BCUT2D eigenvalue weighted by atomic mass is 32.2. The first-order valence-electron chi connectivity index (χ1n) is 5.83. The van der Waals surface area contributed by atoms with Crippen molar-refractivity contribution in [2.75, 3.05) is 40.6 Å². The first-order valence-corrected chi connectivity index (χ1v) is 7.06. The second kappa shape index (κ2) is 7.51. The average molecular weight is 270 g/mol. The van der Waals surface area contributed by atoms with Gasteiger partial charge in [0.05, 0.1) is 14.2 Å². The summed E-state index contributed by atoms with van der Waals surface area (Å²) in [6.07, 6.45) is 2.06. The minimum absolute atomic E-state index is 0.665. The molecule has 0 aliphatic heterocycles. The van der Waals surface area contributed by atoms with E-state index in [0.717, 1.165) is 24.6 Å².